The number of rotatable bonds is 6. The van der Waals surface area contributed by atoms with Gasteiger partial charge in [-0.05, 0) is 56.9 Å². The van der Waals surface area contributed by atoms with Crippen LogP contribution in [0.1, 0.15) is 39.2 Å². The van der Waals surface area contributed by atoms with Gasteiger partial charge in [-0.3, -0.25) is 4.79 Å². The third-order valence-electron chi connectivity index (χ3n) is 2.69. The normalized spacial score (nSPS) is 10.4. The summed E-state index contributed by atoms with van der Waals surface area (Å²) in [5.74, 6) is 0.666. The lowest BCUT2D eigenvalue weighted by Gasteiger charge is -2.16. The van der Waals surface area contributed by atoms with Crippen molar-refractivity contribution >= 4 is 23.8 Å². The monoisotopic (exact) mass is 372 g/mol. The van der Waals surface area contributed by atoms with Crippen LogP contribution < -0.4 is 11.1 Å². The molecule has 0 heterocycles. The number of thioether (sulfide) groups is 1. The number of ether oxygens (including phenoxy) is 1. The summed E-state index contributed by atoms with van der Waals surface area (Å²) >= 11 is 1.72. The lowest BCUT2D eigenvalue weighted by molar-refractivity contribution is -0.121. The molecule has 0 fully saturated rings. The van der Waals surface area contributed by atoms with Crippen molar-refractivity contribution in [3.05, 3.63) is 23.8 Å². The summed E-state index contributed by atoms with van der Waals surface area (Å²) in [6, 6.07) is 4.51. The summed E-state index contributed by atoms with van der Waals surface area (Å²) in [6.07, 6.45) is 2.67. The first-order chi connectivity index (χ1) is 11.5. The van der Waals surface area contributed by atoms with Crippen LogP contribution in [0.4, 0.5) is 4.79 Å². The molecule has 0 saturated heterocycles. The van der Waals surface area contributed by atoms with Crippen LogP contribution in [-0.4, -0.2) is 39.8 Å². The number of nitrogens with two attached hydrogens (primary N) is 1. The molecule has 1 aromatic rings. The van der Waals surface area contributed by atoms with Crippen LogP contribution in [-0.2, 0) is 16.1 Å². The molecule has 0 spiro atoms. The molecule has 25 heavy (non-hydrogen) atoms. The van der Waals surface area contributed by atoms with Crippen LogP contribution >= 0.6 is 11.8 Å². The van der Waals surface area contributed by atoms with Crippen molar-refractivity contribution in [3.8, 4) is 11.5 Å². The largest absolute Gasteiger partial charge is 0.504 e. The lowest BCUT2D eigenvalue weighted by atomic mass is 10.2. The van der Waals surface area contributed by atoms with E-state index in [1.165, 1.54) is 12.1 Å². The highest BCUT2D eigenvalue weighted by molar-refractivity contribution is 7.98. The zero-order valence-electron chi connectivity index (χ0n) is 15.2. The molecule has 0 bridgehead atoms. The number of carbonyl (C=O) groups excluding carboxylic acids is 2. The molecule has 8 heteroatoms. The lowest BCUT2D eigenvalue weighted by Crippen LogP contribution is -2.27. The Balaban J connectivity index is 0.000000609. The van der Waals surface area contributed by atoms with Gasteiger partial charge in [-0.1, -0.05) is 6.07 Å². The number of carbonyl (C=O) groups is 2. The predicted molar refractivity (Wildman–Crippen MR) is 99.7 cm³/mol. The Morgan fingerprint density at radius 2 is 1.88 bits per heavy atom. The Hall–Kier alpha value is -2.09. The zero-order chi connectivity index (χ0) is 19.5. The number of benzene rings is 1. The first-order valence-electron chi connectivity index (χ1n) is 7.80. The number of amides is 2. The third kappa shape index (κ3) is 12.9. The molecule has 0 aliphatic rings. The van der Waals surface area contributed by atoms with Crippen LogP contribution in [0.15, 0.2) is 18.2 Å². The number of phenolic OH excluding ortho intramolecular Hbond substituents is 2. The van der Waals surface area contributed by atoms with Gasteiger partial charge in [0.05, 0.1) is 0 Å². The van der Waals surface area contributed by atoms with Crippen molar-refractivity contribution in [2.45, 2.75) is 45.8 Å². The summed E-state index contributed by atoms with van der Waals surface area (Å²) in [4.78, 5) is 21.4. The average molecular weight is 372 g/mol. The quantitative estimate of drug-likeness (QED) is 0.450. The fourth-order valence-electron chi connectivity index (χ4n) is 1.65. The van der Waals surface area contributed by atoms with Gasteiger partial charge in [0.1, 0.15) is 5.60 Å². The molecule has 0 aliphatic heterocycles. The van der Waals surface area contributed by atoms with Crippen LogP contribution in [0.3, 0.4) is 0 Å². The fourth-order valence-corrected chi connectivity index (χ4v) is 2.08. The third-order valence-corrected chi connectivity index (χ3v) is 3.39. The van der Waals surface area contributed by atoms with Crippen molar-refractivity contribution in [1.82, 2.24) is 5.32 Å². The molecule has 142 valence electrons. The maximum Gasteiger partial charge on any atom is 0.405 e. The van der Waals surface area contributed by atoms with Gasteiger partial charge in [-0.15, -0.1) is 0 Å². The van der Waals surface area contributed by atoms with E-state index in [9.17, 15) is 14.7 Å². The highest BCUT2D eigenvalue weighted by atomic mass is 32.2. The maximum absolute atomic E-state index is 11.4. The van der Waals surface area contributed by atoms with Crippen molar-refractivity contribution in [1.29, 1.82) is 0 Å². The summed E-state index contributed by atoms with van der Waals surface area (Å²) in [7, 11) is 0. The van der Waals surface area contributed by atoms with Gasteiger partial charge >= 0.3 is 6.09 Å². The second kappa shape index (κ2) is 11.5. The minimum absolute atomic E-state index is 0.00612. The number of primary amides is 1. The second-order valence-corrected chi connectivity index (χ2v) is 7.22. The van der Waals surface area contributed by atoms with Crippen molar-refractivity contribution in [2.75, 3.05) is 12.0 Å². The van der Waals surface area contributed by atoms with Crippen molar-refractivity contribution in [2.24, 2.45) is 5.73 Å². The highest BCUT2D eigenvalue weighted by Gasteiger charge is 2.12. The van der Waals surface area contributed by atoms with Crippen LogP contribution in [0.25, 0.3) is 0 Å². The van der Waals surface area contributed by atoms with Crippen LogP contribution in [0, 0.1) is 0 Å². The molecule has 5 N–H and O–H groups in total. The minimum Gasteiger partial charge on any atom is -0.504 e. The van der Waals surface area contributed by atoms with Crippen molar-refractivity contribution < 1.29 is 24.5 Å². The molecule has 1 aromatic carbocycles. The van der Waals surface area contributed by atoms with Gasteiger partial charge < -0.3 is 26.0 Å². The molecule has 0 radical (unpaired) electrons. The average Bonchev–Trinajstić information content (AvgIpc) is 2.47. The number of aromatic hydroxyl groups is 2. The molecule has 0 unspecified atom stereocenters. The SMILES string of the molecule is CC(C)(C)OC(N)=O.CSCCCC(=O)NCc1ccc(O)c(O)c1. The van der Waals surface area contributed by atoms with E-state index in [2.05, 4.69) is 10.1 Å². The predicted octanol–water partition coefficient (Wildman–Crippen LogP) is 2.74. The van der Waals surface area contributed by atoms with E-state index in [0.717, 1.165) is 17.7 Å². The molecule has 1 rings (SSSR count). The van der Waals surface area contributed by atoms with Gasteiger partial charge in [0.15, 0.2) is 11.5 Å². The molecule has 0 aromatic heterocycles. The summed E-state index contributed by atoms with van der Waals surface area (Å²) in [5, 5.41) is 21.2. The smallest absolute Gasteiger partial charge is 0.405 e. The van der Waals surface area contributed by atoms with Crippen molar-refractivity contribution in [3.63, 3.8) is 0 Å². The number of nitrogens with one attached hydrogen (secondary N) is 1. The minimum atomic E-state index is -0.725. The fraction of sp³-hybridized carbons (Fsp3) is 0.529. The molecular weight excluding hydrogens is 344 g/mol. The van der Waals surface area contributed by atoms with Gasteiger partial charge in [-0.25, -0.2) is 4.79 Å². The first kappa shape index (κ1) is 22.9. The summed E-state index contributed by atoms with van der Waals surface area (Å²) in [6.45, 7) is 5.65. The Labute approximate surface area is 152 Å². The van der Waals surface area contributed by atoms with E-state index in [1.807, 2.05) is 6.26 Å². The van der Waals surface area contributed by atoms with E-state index in [4.69, 9.17) is 10.8 Å². The van der Waals surface area contributed by atoms with E-state index < -0.39 is 11.7 Å². The first-order valence-corrected chi connectivity index (χ1v) is 9.19. The van der Waals surface area contributed by atoms with Gasteiger partial charge in [0.25, 0.3) is 0 Å². The Kier molecular flexibility index (Phi) is 10.5. The molecule has 2 amide bonds. The van der Waals surface area contributed by atoms with Crippen LogP contribution in [0.2, 0.25) is 0 Å². The van der Waals surface area contributed by atoms with Crippen LogP contribution in [0.5, 0.6) is 11.5 Å². The van der Waals surface area contributed by atoms with E-state index in [-0.39, 0.29) is 17.4 Å². The highest BCUT2D eigenvalue weighted by Crippen LogP contribution is 2.24. The molecule has 0 aliphatic carbocycles. The number of hydrogen-bond acceptors (Lipinski definition) is 6. The van der Waals surface area contributed by atoms with E-state index in [1.54, 1.807) is 38.6 Å². The molecular formula is C17H28N2O5S. The van der Waals surface area contributed by atoms with E-state index >= 15 is 0 Å². The summed E-state index contributed by atoms with van der Waals surface area (Å²) < 4.78 is 4.58. The maximum atomic E-state index is 11.4. The van der Waals surface area contributed by atoms with Gasteiger partial charge in [-0.2, -0.15) is 11.8 Å². The Morgan fingerprint density at radius 3 is 2.32 bits per heavy atom. The second-order valence-electron chi connectivity index (χ2n) is 6.23. The Morgan fingerprint density at radius 1 is 1.24 bits per heavy atom. The standard InChI is InChI=1S/C12H17NO3S.C5H11NO2/c1-17-6-2-3-12(16)13-8-9-4-5-10(14)11(15)7-9;1-5(2,3)8-4(6)7/h4-5,7,14-15H,2-3,6,8H2,1H3,(H,13,16);1-3H3,(H2,6,7). The van der Waals surface area contributed by atoms with Gasteiger partial charge in [0.2, 0.25) is 5.91 Å². The molecule has 0 saturated carbocycles. The summed E-state index contributed by atoms with van der Waals surface area (Å²) in [5.41, 5.74) is 5.03. The zero-order valence-corrected chi connectivity index (χ0v) is 16.0. The van der Waals surface area contributed by atoms with E-state index in [0.29, 0.717) is 13.0 Å². The number of phenols is 2. The van der Waals surface area contributed by atoms with Gasteiger partial charge in [0, 0.05) is 13.0 Å². The molecule has 7 nitrogen and oxygen atoms in total. The Bertz CT molecular complexity index is 558. The number of hydrogen-bond donors (Lipinski definition) is 4. The molecule has 0 atom stereocenters. The topological polar surface area (TPSA) is 122 Å².